The Morgan fingerprint density at radius 3 is 2.84 bits per heavy atom. The molecule has 8 nitrogen and oxygen atoms in total. The van der Waals surface area contributed by atoms with Crippen molar-refractivity contribution in [3.05, 3.63) is 59.3 Å². The van der Waals surface area contributed by atoms with Gasteiger partial charge in [-0.25, -0.2) is 0 Å². The number of hydrogen-bond acceptors (Lipinski definition) is 8. The van der Waals surface area contributed by atoms with Crippen LogP contribution in [-0.2, 0) is 19.6 Å². The molecule has 1 aromatic heterocycles. The Labute approximate surface area is 218 Å². The number of ether oxygens (including phenoxy) is 1. The van der Waals surface area contributed by atoms with Crippen molar-refractivity contribution >= 4 is 16.6 Å². The molecule has 4 heterocycles. The number of fused-ring (bicyclic) bond motifs is 2. The number of piperazine rings is 1. The van der Waals surface area contributed by atoms with Crippen LogP contribution >= 0.6 is 0 Å². The van der Waals surface area contributed by atoms with Crippen molar-refractivity contribution in [2.45, 2.75) is 51.0 Å². The third-order valence-corrected chi connectivity index (χ3v) is 7.99. The molecule has 2 atom stereocenters. The van der Waals surface area contributed by atoms with Crippen LogP contribution in [-0.4, -0.2) is 71.7 Å². The molecule has 2 aromatic carbocycles. The zero-order chi connectivity index (χ0) is 25.2. The molecular weight excluding hydrogens is 462 g/mol. The molecule has 3 aliphatic heterocycles. The summed E-state index contributed by atoms with van der Waals surface area (Å²) in [5.74, 6) is 0.977. The van der Waals surface area contributed by atoms with Crippen LogP contribution in [0.4, 0.5) is 5.82 Å². The standard InChI is InChI=1S/C29H35N7O/c1-34-13-4-7-25(34)20-37-29-32-27-19-35(16-21-8-9-22-5-2-3-6-23(22)15-21)18-26(27)28(33-29)36-14-12-31-24(17-36)10-11-30/h2-3,5-6,8-9,15,24-25,31H,4,7,10,12-14,16-20H2,1H3/t24-,25-/m0/s1. The average Bonchev–Trinajstić information content (AvgIpc) is 3.52. The van der Waals surface area contributed by atoms with Gasteiger partial charge in [-0.2, -0.15) is 15.2 Å². The Kier molecular flexibility index (Phi) is 6.92. The number of aromatic nitrogens is 2. The van der Waals surface area contributed by atoms with Crippen LogP contribution < -0.4 is 15.0 Å². The predicted molar refractivity (Wildman–Crippen MR) is 144 cm³/mol. The van der Waals surface area contributed by atoms with E-state index in [1.165, 1.54) is 28.3 Å². The van der Waals surface area contributed by atoms with Crippen LogP contribution in [0.5, 0.6) is 6.01 Å². The number of likely N-dealkylation sites (N-methyl/N-ethyl adjacent to an activating group) is 1. The highest BCUT2D eigenvalue weighted by Crippen LogP contribution is 2.33. The van der Waals surface area contributed by atoms with E-state index in [9.17, 15) is 5.26 Å². The topological polar surface area (TPSA) is 80.5 Å². The van der Waals surface area contributed by atoms with Gasteiger partial charge >= 0.3 is 6.01 Å². The number of benzene rings is 2. The van der Waals surface area contributed by atoms with Gasteiger partial charge < -0.3 is 19.9 Å². The van der Waals surface area contributed by atoms with E-state index in [1.54, 1.807) is 0 Å². The van der Waals surface area contributed by atoms with Crippen molar-refractivity contribution in [3.63, 3.8) is 0 Å². The van der Waals surface area contributed by atoms with Gasteiger partial charge in [-0.3, -0.25) is 4.90 Å². The zero-order valence-corrected chi connectivity index (χ0v) is 21.6. The first kappa shape index (κ1) is 24.1. The van der Waals surface area contributed by atoms with Gasteiger partial charge in [0.05, 0.1) is 18.2 Å². The highest BCUT2D eigenvalue weighted by molar-refractivity contribution is 5.83. The third kappa shape index (κ3) is 5.26. The van der Waals surface area contributed by atoms with Gasteiger partial charge in [-0.1, -0.05) is 36.4 Å². The fraction of sp³-hybridized carbons (Fsp3) is 0.483. The third-order valence-electron chi connectivity index (χ3n) is 7.99. The van der Waals surface area contributed by atoms with Crippen molar-refractivity contribution in [1.29, 1.82) is 5.26 Å². The Balaban J connectivity index is 1.24. The fourth-order valence-electron chi connectivity index (χ4n) is 5.94. The first-order valence-corrected chi connectivity index (χ1v) is 13.4. The first-order valence-electron chi connectivity index (χ1n) is 13.4. The summed E-state index contributed by atoms with van der Waals surface area (Å²) < 4.78 is 6.22. The van der Waals surface area contributed by atoms with Gasteiger partial charge in [-0.15, -0.1) is 0 Å². The minimum atomic E-state index is 0.149. The van der Waals surface area contributed by atoms with Crippen LogP contribution in [0.25, 0.3) is 10.8 Å². The number of likely N-dealkylation sites (tertiary alicyclic amines) is 1. The largest absolute Gasteiger partial charge is 0.462 e. The molecule has 2 fully saturated rings. The Hall–Kier alpha value is -3.25. The zero-order valence-electron chi connectivity index (χ0n) is 21.6. The maximum atomic E-state index is 9.25. The summed E-state index contributed by atoms with van der Waals surface area (Å²) in [6.07, 6.45) is 2.86. The van der Waals surface area contributed by atoms with Crippen molar-refractivity contribution in [1.82, 2.24) is 25.1 Å². The molecule has 3 aromatic rings. The van der Waals surface area contributed by atoms with Gasteiger partial charge in [0.15, 0.2) is 0 Å². The summed E-state index contributed by atoms with van der Waals surface area (Å²) in [7, 11) is 2.16. The predicted octanol–water partition coefficient (Wildman–Crippen LogP) is 3.31. The summed E-state index contributed by atoms with van der Waals surface area (Å²) in [6.45, 7) is 6.68. The highest BCUT2D eigenvalue weighted by atomic mass is 16.5. The fourth-order valence-corrected chi connectivity index (χ4v) is 5.94. The van der Waals surface area contributed by atoms with Crippen LogP contribution in [0, 0.1) is 11.3 Å². The molecule has 0 unspecified atom stereocenters. The molecule has 192 valence electrons. The lowest BCUT2D eigenvalue weighted by Crippen LogP contribution is -2.51. The molecule has 0 saturated carbocycles. The summed E-state index contributed by atoms with van der Waals surface area (Å²) in [5.41, 5.74) is 3.57. The first-order chi connectivity index (χ1) is 18.2. The monoisotopic (exact) mass is 497 g/mol. The van der Waals surface area contributed by atoms with Gasteiger partial charge in [-0.05, 0) is 48.8 Å². The Morgan fingerprint density at radius 2 is 2.00 bits per heavy atom. The minimum Gasteiger partial charge on any atom is -0.462 e. The molecule has 2 saturated heterocycles. The molecule has 6 rings (SSSR count). The SMILES string of the molecule is CN1CCC[C@H]1COc1nc2c(c(N3CCN[C@@H](CC#N)C3)n1)CN(Cc1ccc3ccccc3c1)C2. The van der Waals surface area contributed by atoms with Gasteiger partial charge in [0.25, 0.3) is 0 Å². The van der Waals surface area contributed by atoms with E-state index in [-0.39, 0.29) is 6.04 Å². The van der Waals surface area contributed by atoms with E-state index in [1.807, 2.05) is 0 Å². The van der Waals surface area contributed by atoms with E-state index in [4.69, 9.17) is 14.7 Å². The molecule has 0 spiro atoms. The number of anilines is 1. The maximum absolute atomic E-state index is 9.25. The number of hydrogen-bond donors (Lipinski definition) is 1. The number of rotatable bonds is 7. The second kappa shape index (κ2) is 10.6. The van der Waals surface area contributed by atoms with E-state index in [2.05, 4.69) is 75.6 Å². The minimum absolute atomic E-state index is 0.149. The van der Waals surface area contributed by atoms with Crippen LogP contribution in [0.3, 0.4) is 0 Å². The summed E-state index contributed by atoms with van der Waals surface area (Å²) >= 11 is 0. The normalized spacial score (nSPS) is 22.3. The average molecular weight is 498 g/mol. The molecule has 8 heteroatoms. The lowest BCUT2D eigenvalue weighted by molar-refractivity contribution is 0.187. The van der Waals surface area contributed by atoms with Gasteiger partial charge in [0.2, 0.25) is 0 Å². The van der Waals surface area contributed by atoms with E-state index in [0.717, 1.165) is 63.7 Å². The molecule has 37 heavy (non-hydrogen) atoms. The molecular formula is C29H35N7O. The second-order valence-corrected chi connectivity index (χ2v) is 10.6. The van der Waals surface area contributed by atoms with Crippen molar-refractivity contribution in [3.8, 4) is 12.1 Å². The van der Waals surface area contributed by atoms with Gasteiger partial charge in [0, 0.05) is 56.9 Å². The molecule has 0 amide bonds. The molecule has 3 aliphatic rings. The van der Waals surface area contributed by atoms with Crippen LogP contribution in [0.2, 0.25) is 0 Å². The van der Waals surface area contributed by atoms with E-state index in [0.29, 0.717) is 25.1 Å². The smallest absolute Gasteiger partial charge is 0.318 e. The van der Waals surface area contributed by atoms with E-state index < -0.39 is 0 Å². The summed E-state index contributed by atoms with van der Waals surface area (Å²) in [4.78, 5) is 17.0. The van der Waals surface area contributed by atoms with Crippen molar-refractivity contribution in [2.24, 2.45) is 0 Å². The lowest BCUT2D eigenvalue weighted by Gasteiger charge is -2.34. The summed E-state index contributed by atoms with van der Waals surface area (Å²) in [5, 5.41) is 15.3. The number of nitrogens with zero attached hydrogens (tertiary/aromatic N) is 6. The number of nitriles is 1. The molecule has 0 aliphatic carbocycles. The maximum Gasteiger partial charge on any atom is 0.318 e. The molecule has 0 radical (unpaired) electrons. The van der Waals surface area contributed by atoms with Crippen LogP contribution in [0.1, 0.15) is 36.1 Å². The second-order valence-electron chi connectivity index (χ2n) is 10.6. The Morgan fingerprint density at radius 1 is 1.11 bits per heavy atom. The lowest BCUT2D eigenvalue weighted by atomic mass is 10.1. The van der Waals surface area contributed by atoms with Crippen molar-refractivity contribution < 1.29 is 4.74 Å². The quantitative estimate of drug-likeness (QED) is 0.533. The van der Waals surface area contributed by atoms with Crippen molar-refractivity contribution in [2.75, 3.05) is 44.7 Å². The summed E-state index contributed by atoms with van der Waals surface area (Å²) in [6, 6.07) is 18.6. The van der Waals surface area contributed by atoms with Gasteiger partial charge in [0.1, 0.15) is 12.4 Å². The van der Waals surface area contributed by atoms with Crippen LogP contribution in [0.15, 0.2) is 42.5 Å². The molecule has 1 N–H and O–H groups in total. The number of nitrogens with one attached hydrogen (secondary N) is 1. The highest BCUT2D eigenvalue weighted by Gasteiger charge is 2.31. The molecule has 0 bridgehead atoms. The Bertz CT molecular complexity index is 1310. The van der Waals surface area contributed by atoms with E-state index >= 15 is 0 Å².